The molecular formula is C26H17F3N4O2S. The van der Waals surface area contributed by atoms with Crippen LogP contribution in [0.5, 0.6) is 5.75 Å². The van der Waals surface area contributed by atoms with Crippen molar-refractivity contribution in [1.82, 2.24) is 15.0 Å². The van der Waals surface area contributed by atoms with E-state index in [4.69, 9.17) is 0 Å². The molecule has 0 unspecified atom stereocenters. The van der Waals surface area contributed by atoms with Crippen molar-refractivity contribution in [3.8, 4) is 16.3 Å². The van der Waals surface area contributed by atoms with Gasteiger partial charge < -0.3 is 4.74 Å². The van der Waals surface area contributed by atoms with E-state index in [1.54, 1.807) is 48.7 Å². The minimum absolute atomic E-state index is 0.0401. The summed E-state index contributed by atoms with van der Waals surface area (Å²) in [6.07, 6.45) is 2.97. The lowest BCUT2D eigenvalue weighted by molar-refractivity contribution is -0.0498. The van der Waals surface area contributed by atoms with E-state index in [2.05, 4.69) is 19.7 Å². The summed E-state index contributed by atoms with van der Waals surface area (Å²) < 4.78 is 43.9. The Hall–Kier alpha value is -4.31. The summed E-state index contributed by atoms with van der Waals surface area (Å²) >= 11 is 1.30. The summed E-state index contributed by atoms with van der Waals surface area (Å²) in [6.45, 7) is -2.87. The van der Waals surface area contributed by atoms with Gasteiger partial charge >= 0.3 is 6.61 Å². The standard InChI is InChI=1S/C26H17F3N4O2S/c27-19-5-1-4-8-23(19)33(25(34)22-14-30-20-6-2-3-7-21(20)32-22)15-18-13-31-24(36-18)16-9-11-17(12-10-16)35-26(28)29/h1-14,26H,15H2. The van der Waals surface area contributed by atoms with Crippen LogP contribution < -0.4 is 9.64 Å². The van der Waals surface area contributed by atoms with Gasteiger partial charge in [-0.25, -0.2) is 14.4 Å². The lowest BCUT2D eigenvalue weighted by atomic mass is 10.2. The molecule has 180 valence electrons. The zero-order valence-electron chi connectivity index (χ0n) is 18.5. The van der Waals surface area contributed by atoms with Crippen LogP contribution in [0.25, 0.3) is 21.6 Å². The molecule has 0 aliphatic rings. The molecule has 0 N–H and O–H groups in total. The van der Waals surface area contributed by atoms with Gasteiger partial charge in [-0.05, 0) is 48.5 Å². The fourth-order valence-electron chi connectivity index (χ4n) is 3.58. The minimum Gasteiger partial charge on any atom is -0.435 e. The third-order valence-corrected chi connectivity index (χ3v) is 6.28. The molecule has 0 bridgehead atoms. The van der Waals surface area contributed by atoms with Gasteiger partial charge in [-0.2, -0.15) is 8.78 Å². The first kappa shape index (κ1) is 23.4. The lowest BCUT2D eigenvalue weighted by Crippen LogP contribution is -2.31. The van der Waals surface area contributed by atoms with E-state index in [-0.39, 0.29) is 23.7 Å². The average molecular weight is 507 g/mol. The Morgan fingerprint density at radius 3 is 2.39 bits per heavy atom. The highest BCUT2D eigenvalue weighted by atomic mass is 32.1. The molecule has 36 heavy (non-hydrogen) atoms. The molecule has 5 aromatic rings. The van der Waals surface area contributed by atoms with Crippen LogP contribution in [0.15, 0.2) is 85.2 Å². The average Bonchev–Trinajstić information content (AvgIpc) is 3.36. The molecule has 0 aliphatic heterocycles. The van der Waals surface area contributed by atoms with Crippen molar-refractivity contribution in [2.24, 2.45) is 0 Å². The van der Waals surface area contributed by atoms with Gasteiger partial charge in [-0.3, -0.25) is 14.7 Å². The highest BCUT2D eigenvalue weighted by Gasteiger charge is 2.24. The number of fused-ring (bicyclic) bond motifs is 1. The number of hydrogen-bond acceptors (Lipinski definition) is 6. The molecule has 1 amide bonds. The first-order chi connectivity index (χ1) is 17.5. The van der Waals surface area contributed by atoms with Gasteiger partial charge in [0.1, 0.15) is 22.3 Å². The molecule has 3 aromatic carbocycles. The molecule has 0 saturated heterocycles. The van der Waals surface area contributed by atoms with Gasteiger partial charge in [0, 0.05) is 16.6 Å². The summed E-state index contributed by atoms with van der Waals surface area (Å²) in [4.78, 5) is 28.6. The van der Waals surface area contributed by atoms with Crippen LogP contribution in [0.4, 0.5) is 18.9 Å². The van der Waals surface area contributed by atoms with E-state index in [9.17, 15) is 18.0 Å². The van der Waals surface area contributed by atoms with Crippen LogP contribution in [0.1, 0.15) is 15.4 Å². The zero-order valence-corrected chi connectivity index (χ0v) is 19.3. The van der Waals surface area contributed by atoms with E-state index in [0.717, 1.165) is 0 Å². The monoisotopic (exact) mass is 506 g/mol. The highest BCUT2D eigenvalue weighted by molar-refractivity contribution is 7.15. The Bertz CT molecular complexity index is 1530. The molecule has 0 fully saturated rings. The lowest BCUT2D eigenvalue weighted by Gasteiger charge is -2.22. The molecule has 2 aromatic heterocycles. The van der Waals surface area contributed by atoms with Gasteiger partial charge in [0.15, 0.2) is 0 Å². The topological polar surface area (TPSA) is 68.2 Å². The van der Waals surface area contributed by atoms with E-state index in [1.165, 1.54) is 46.7 Å². The number of carbonyl (C=O) groups is 1. The maximum atomic E-state index is 14.8. The van der Waals surface area contributed by atoms with Crippen LogP contribution in [0, 0.1) is 5.82 Å². The Labute approximate surface area is 207 Å². The molecule has 0 aliphatic carbocycles. The maximum absolute atomic E-state index is 14.8. The molecular weight excluding hydrogens is 489 g/mol. The predicted molar refractivity (Wildman–Crippen MR) is 131 cm³/mol. The number of para-hydroxylation sites is 3. The number of rotatable bonds is 7. The van der Waals surface area contributed by atoms with Gasteiger partial charge in [0.2, 0.25) is 0 Å². The number of thiazole rings is 1. The SMILES string of the molecule is O=C(c1cnc2ccccc2n1)N(Cc1cnc(-c2ccc(OC(F)F)cc2)s1)c1ccccc1F. The van der Waals surface area contributed by atoms with Crippen LogP contribution >= 0.6 is 11.3 Å². The minimum atomic E-state index is -2.91. The fourth-order valence-corrected chi connectivity index (χ4v) is 4.49. The molecule has 0 saturated carbocycles. The number of aromatic nitrogens is 3. The number of alkyl halides is 2. The number of anilines is 1. The number of hydrogen-bond donors (Lipinski definition) is 0. The molecule has 0 radical (unpaired) electrons. The largest absolute Gasteiger partial charge is 0.435 e. The summed E-state index contributed by atoms with van der Waals surface area (Å²) in [5.41, 5.74) is 2.06. The van der Waals surface area contributed by atoms with Crippen LogP contribution in [-0.4, -0.2) is 27.5 Å². The van der Waals surface area contributed by atoms with Gasteiger partial charge in [-0.1, -0.05) is 24.3 Å². The Kier molecular flexibility index (Phi) is 6.59. The quantitative estimate of drug-likeness (QED) is 0.258. The van der Waals surface area contributed by atoms with Crippen LogP contribution in [0.2, 0.25) is 0 Å². The van der Waals surface area contributed by atoms with Crippen molar-refractivity contribution in [1.29, 1.82) is 0 Å². The highest BCUT2D eigenvalue weighted by Crippen LogP contribution is 2.30. The number of benzene rings is 3. The second-order valence-corrected chi connectivity index (χ2v) is 8.74. The van der Waals surface area contributed by atoms with Crippen molar-refractivity contribution in [3.05, 3.63) is 102 Å². The fraction of sp³-hybridized carbons (Fsp3) is 0.0769. The second-order valence-electron chi connectivity index (χ2n) is 7.62. The van der Waals surface area contributed by atoms with E-state index < -0.39 is 18.3 Å². The third kappa shape index (κ3) is 5.03. The van der Waals surface area contributed by atoms with Crippen LogP contribution in [-0.2, 0) is 6.54 Å². The van der Waals surface area contributed by atoms with Crippen molar-refractivity contribution < 1.29 is 22.7 Å². The molecule has 0 spiro atoms. The first-order valence-corrected chi connectivity index (χ1v) is 11.6. The van der Waals surface area contributed by atoms with E-state index in [0.29, 0.717) is 26.5 Å². The smallest absolute Gasteiger partial charge is 0.387 e. The maximum Gasteiger partial charge on any atom is 0.387 e. The zero-order chi connectivity index (χ0) is 25.1. The molecule has 6 nitrogen and oxygen atoms in total. The number of halogens is 3. The predicted octanol–water partition coefficient (Wildman–Crippen LogP) is 6.34. The van der Waals surface area contributed by atoms with E-state index >= 15 is 0 Å². The molecule has 0 atom stereocenters. The first-order valence-electron chi connectivity index (χ1n) is 10.8. The Balaban J connectivity index is 1.45. The summed E-state index contributed by atoms with van der Waals surface area (Å²) in [5, 5.41) is 0.611. The Morgan fingerprint density at radius 2 is 1.64 bits per heavy atom. The second kappa shape index (κ2) is 10.1. The number of nitrogens with zero attached hydrogens (tertiary/aromatic N) is 4. The summed E-state index contributed by atoms with van der Waals surface area (Å²) in [5.74, 6) is -1.03. The third-order valence-electron chi connectivity index (χ3n) is 5.25. The number of carbonyl (C=O) groups excluding carboxylic acids is 1. The van der Waals surface area contributed by atoms with Crippen molar-refractivity contribution >= 4 is 34.0 Å². The molecule has 10 heteroatoms. The van der Waals surface area contributed by atoms with Gasteiger partial charge in [-0.15, -0.1) is 11.3 Å². The van der Waals surface area contributed by atoms with Gasteiger partial charge in [0.05, 0.1) is 29.5 Å². The van der Waals surface area contributed by atoms with Crippen molar-refractivity contribution in [2.45, 2.75) is 13.2 Å². The Morgan fingerprint density at radius 1 is 0.917 bits per heavy atom. The van der Waals surface area contributed by atoms with Crippen molar-refractivity contribution in [3.63, 3.8) is 0 Å². The molecule has 2 heterocycles. The number of amides is 1. The molecule has 5 rings (SSSR count). The van der Waals surface area contributed by atoms with Crippen LogP contribution in [0.3, 0.4) is 0 Å². The summed E-state index contributed by atoms with van der Waals surface area (Å²) in [7, 11) is 0. The number of ether oxygens (including phenoxy) is 1. The normalized spacial score (nSPS) is 11.1. The summed E-state index contributed by atoms with van der Waals surface area (Å²) in [6, 6.07) is 19.2. The van der Waals surface area contributed by atoms with E-state index in [1.807, 2.05) is 6.07 Å². The van der Waals surface area contributed by atoms with Gasteiger partial charge in [0.25, 0.3) is 5.91 Å². The van der Waals surface area contributed by atoms with Crippen molar-refractivity contribution in [2.75, 3.05) is 4.90 Å².